The molecule has 0 unspecified atom stereocenters. The van der Waals surface area contributed by atoms with Crippen LogP contribution in [0.1, 0.15) is 5.56 Å². The zero-order valence-corrected chi connectivity index (χ0v) is 13.6. The van der Waals surface area contributed by atoms with E-state index in [9.17, 15) is 8.78 Å². The van der Waals surface area contributed by atoms with E-state index >= 15 is 0 Å². The van der Waals surface area contributed by atoms with Gasteiger partial charge in [-0.15, -0.1) is 0 Å². The molecule has 0 spiro atoms. The molecule has 1 rings (SSSR count). The SMILES string of the molecule is CN=C(NCCOC)NCCc1ccc(OC)c(OC(F)F)c1. The third kappa shape index (κ3) is 7.14. The topological polar surface area (TPSA) is 64.1 Å². The highest BCUT2D eigenvalue weighted by molar-refractivity contribution is 5.79. The number of guanidine groups is 1. The van der Waals surface area contributed by atoms with Gasteiger partial charge in [0.15, 0.2) is 17.5 Å². The molecular weight excluding hydrogens is 308 g/mol. The average Bonchev–Trinajstić information content (AvgIpc) is 2.53. The van der Waals surface area contributed by atoms with Gasteiger partial charge in [0.1, 0.15) is 0 Å². The van der Waals surface area contributed by atoms with Crippen molar-refractivity contribution in [3.63, 3.8) is 0 Å². The summed E-state index contributed by atoms with van der Waals surface area (Å²) in [6.07, 6.45) is 0.620. The number of nitrogens with one attached hydrogen (secondary N) is 2. The number of ether oxygens (including phenoxy) is 3. The lowest BCUT2D eigenvalue weighted by atomic mass is 10.1. The van der Waals surface area contributed by atoms with Crippen LogP contribution in [0, 0.1) is 0 Å². The van der Waals surface area contributed by atoms with Crippen molar-refractivity contribution in [2.45, 2.75) is 13.0 Å². The maximum Gasteiger partial charge on any atom is 0.387 e. The summed E-state index contributed by atoms with van der Waals surface area (Å²) in [6.45, 7) is -1.08. The standard InChI is InChI=1S/C15H23F2N3O3/c1-18-15(20-8-9-21-2)19-7-6-11-4-5-12(22-3)13(10-11)23-14(16)17/h4-5,10,14H,6-9H2,1-3H3,(H2,18,19,20). The first-order valence-electron chi connectivity index (χ1n) is 7.16. The van der Waals surface area contributed by atoms with E-state index < -0.39 is 6.61 Å². The Morgan fingerprint density at radius 3 is 2.52 bits per heavy atom. The molecule has 2 N–H and O–H groups in total. The first kappa shape index (κ1) is 19.0. The van der Waals surface area contributed by atoms with Gasteiger partial charge in [-0.2, -0.15) is 8.78 Å². The van der Waals surface area contributed by atoms with Crippen molar-refractivity contribution in [1.29, 1.82) is 0 Å². The van der Waals surface area contributed by atoms with E-state index in [1.165, 1.54) is 7.11 Å². The van der Waals surface area contributed by atoms with Crippen molar-refractivity contribution in [3.05, 3.63) is 23.8 Å². The van der Waals surface area contributed by atoms with Gasteiger partial charge in [0.2, 0.25) is 0 Å². The monoisotopic (exact) mass is 331 g/mol. The smallest absolute Gasteiger partial charge is 0.387 e. The Morgan fingerprint density at radius 1 is 1.17 bits per heavy atom. The third-order valence-corrected chi connectivity index (χ3v) is 2.97. The highest BCUT2D eigenvalue weighted by atomic mass is 19.3. The minimum absolute atomic E-state index is 0.0302. The largest absolute Gasteiger partial charge is 0.493 e. The molecule has 0 bridgehead atoms. The van der Waals surface area contributed by atoms with Crippen molar-refractivity contribution < 1.29 is 23.0 Å². The van der Waals surface area contributed by atoms with Crippen LogP contribution < -0.4 is 20.1 Å². The summed E-state index contributed by atoms with van der Waals surface area (Å²) in [4.78, 5) is 4.07. The zero-order chi connectivity index (χ0) is 17.1. The molecule has 0 aliphatic carbocycles. The van der Waals surface area contributed by atoms with Crippen LogP contribution in [-0.4, -0.2) is 53.5 Å². The Bertz CT molecular complexity index is 499. The van der Waals surface area contributed by atoms with Crippen molar-refractivity contribution in [1.82, 2.24) is 10.6 Å². The Labute approximate surface area is 134 Å². The van der Waals surface area contributed by atoms with Crippen molar-refractivity contribution in [2.75, 3.05) is 41.0 Å². The van der Waals surface area contributed by atoms with Gasteiger partial charge in [-0.25, -0.2) is 0 Å². The van der Waals surface area contributed by atoms with E-state index in [2.05, 4.69) is 20.4 Å². The highest BCUT2D eigenvalue weighted by Crippen LogP contribution is 2.29. The number of aliphatic imine (C=N–C) groups is 1. The van der Waals surface area contributed by atoms with E-state index in [4.69, 9.17) is 9.47 Å². The molecule has 0 saturated carbocycles. The highest BCUT2D eigenvalue weighted by Gasteiger charge is 2.11. The molecule has 0 saturated heterocycles. The number of nitrogens with zero attached hydrogens (tertiary/aromatic N) is 1. The van der Waals surface area contributed by atoms with Crippen LogP contribution in [-0.2, 0) is 11.2 Å². The summed E-state index contributed by atoms with van der Waals surface area (Å²) < 4.78 is 39.2. The fraction of sp³-hybridized carbons (Fsp3) is 0.533. The lowest BCUT2D eigenvalue weighted by Crippen LogP contribution is -2.39. The average molecular weight is 331 g/mol. The van der Waals surface area contributed by atoms with Gasteiger partial charge >= 0.3 is 6.61 Å². The first-order valence-corrected chi connectivity index (χ1v) is 7.16. The molecule has 1 aromatic carbocycles. The summed E-state index contributed by atoms with van der Waals surface area (Å²) in [5, 5.41) is 6.21. The summed E-state index contributed by atoms with van der Waals surface area (Å²) in [7, 11) is 4.70. The lowest BCUT2D eigenvalue weighted by Gasteiger charge is -2.13. The second-order valence-electron chi connectivity index (χ2n) is 4.53. The summed E-state index contributed by atoms with van der Waals surface area (Å²) in [6, 6.07) is 4.96. The summed E-state index contributed by atoms with van der Waals surface area (Å²) in [5.74, 6) is 0.960. The van der Waals surface area contributed by atoms with Gasteiger partial charge in [0.05, 0.1) is 13.7 Å². The van der Waals surface area contributed by atoms with Crippen LogP contribution in [0.4, 0.5) is 8.78 Å². The minimum atomic E-state index is -2.89. The number of benzene rings is 1. The van der Waals surface area contributed by atoms with Crippen molar-refractivity contribution in [3.8, 4) is 11.5 Å². The van der Waals surface area contributed by atoms with Gasteiger partial charge in [-0.05, 0) is 24.1 Å². The number of alkyl halides is 2. The maximum atomic E-state index is 12.4. The molecule has 0 aromatic heterocycles. The van der Waals surface area contributed by atoms with E-state index in [1.54, 1.807) is 32.4 Å². The molecule has 6 nitrogen and oxygen atoms in total. The van der Waals surface area contributed by atoms with Gasteiger partial charge < -0.3 is 24.8 Å². The fourth-order valence-electron chi connectivity index (χ4n) is 1.88. The summed E-state index contributed by atoms with van der Waals surface area (Å²) >= 11 is 0. The van der Waals surface area contributed by atoms with Crippen molar-refractivity contribution in [2.24, 2.45) is 4.99 Å². The van der Waals surface area contributed by atoms with Gasteiger partial charge in [0.25, 0.3) is 0 Å². The number of hydrogen-bond donors (Lipinski definition) is 2. The molecule has 23 heavy (non-hydrogen) atoms. The van der Waals surface area contributed by atoms with Crippen LogP contribution in [0.25, 0.3) is 0 Å². The molecule has 0 atom stereocenters. The molecule has 8 heteroatoms. The van der Waals surface area contributed by atoms with Crippen LogP contribution >= 0.6 is 0 Å². The third-order valence-electron chi connectivity index (χ3n) is 2.97. The van der Waals surface area contributed by atoms with E-state index in [1.807, 2.05) is 0 Å². The van der Waals surface area contributed by atoms with Gasteiger partial charge in [0, 0.05) is 27.2 Å². The van der Waals surface area contributed by atoms with Crippen LogP contribution in [0.5, 0.6) is 11.5 Å². The maximum absolute atomic E-state index is 12.4. The molecule has 130 valence electrons. The number of methoxy groups -OCH3 is 2. The molecule has 0 heterocycles. The molecule has 0 aliphatic heterocycles. The van der Waals surface area contributed by atoms with Gasteiger partial charge in [-0.3, -0.25) is 4.99 Å². The normalized spacial score (nSPS) is 11.5. The molecular formula is C15H23F2N3O3. The quantitative estimate of drug-likeness (QED) is 0.409. The molecule has 0 amide bonds. The predicted octanol–water partition coefficient (Wildman–Crippen LogP) is 1.65. The minimum Gasteiger partial charge on any atom is -0.493 e. The second-order valence-corrected chi connectivity index (χ2v) is 4.53. The van der Waals surface area contributed by atoms with E-state index in [0.29, 0.717) is 32.1 Å². The number of rotatable bonds is 9. The molecule has 0 fully saturated rings. The van der Waals surface area contributed by atoms with Crippen LogP contribution in [0.3, 0.4) is 0 Å². The van der Waals surface area contributed by atoms with Crippen molar-refractivity contribution >= 4 is 5.96 Å². The first-order chi connectivity index (χ1) is 11.1. The van der Waals surface area contributed by atoms with Crippen LogP contribution in [0.15, 0.2) is 23.2 Å². The Morgan fingerprint density at radius 2 is 1.91 bits per heavy atom. The number of hydrogen-bond acceptors (Lipinski definition) is 4. The summed E-state index contributed by atoms with van der Waals surface area (Å²) in [5.41, 5.74) is 0.848. The molecule has 0 aliphatic rings. The Hall–Kier alpha value is -2.09. The van der Waals surface area contributed by atoms with Gasteiger partial charge in [-0.1, -0.05) is 6.07 Å². The van der Waals surface area contributed by atoms with E-state index in [-0.39, 0.29) is 11.5 Å². The second kappa shape index (κ2) is 10.6. The molecule has 0 radical (unpaired) electrons. The lowest BCUT2D eigenvalue weighted by molar-refractivity contribution is -0.0512. The molecule has 1 aromatic rings. The number of halogens is 2. The fourth-order valence-corrected chi connectivity index (χ4v) is 1.88. The van der Waals surface area contributed by atoms with Crippen LogP contribution in [0.2, 0.25) is 0 Å². The zero-order valence-electron chi connectivity index (χ0n) is 13.6. The Balaban J connectivity index is 2.53. The predicted molar refractivity (Wildman–Crippen MR) is 84.6 cm³/mol. The Kier molecular flexibility index (Phi) is 8.74. The van der Waals surface area contributed by atoms with E-state index in [0.717, 1.165) is 5.56 Å².